The molecule has 0 amide bonds. The summed E-state index contributed by atoms with van der Waals surface area (Å²) in [6.07, 6.45) is 1.39. The third-order valence-electron chi connectivity index (χ3n) is 1.07. The van der Waals surface area contributed by atoms with Crippen LogP contribution in [0.5, 0.6) is 5.88 Å². The van der Waals surface area contributed by atoms with E-state index in [-0.39, 0.29) is 5.82 Å². The van der Waals surface area contributed by atoms with Crippen molar-refractivity contribution < 1.29 is 4.74 Å². The lowest BCUT2D eigenvalue weighted by Crippen LogP contribution is -2.03. The van der Waals surface area contributed by atoms with Gasteiger partial charge in [0.05, 0.1) is 12.8 Å². The topological polar surface area (TPSA) is 87.0 Å². The molecule has 0 aliphatic rings. The van der Waals surface area contributed by atoms with E-state index in [2.05, 4.69) is 9.97 Å². The second-order valence-electron chi connectivity index (χ2n) is 1.92. The van der Waals surface area contributed by atoms with E-state index in [0.29, 0.717) is 18.3 Å². The van der Waals surface area contributed by atoms with E-state index < -0.39 is 0 Å². The fourth-order valence-electron chi connectivity index (χ4n) is 0.637. The number of hydrogen-bond acceptors (Lipinski definition) is 5. The van der Waals surface area contributed by atoms with Crippen LogP contribution in [0.1, 0.15) is 6.92 Å². The Balaban J connectivity index is 2.93. The van der Waals surface area contributed by atoms with Crippen LogP contribution in [0.25, 0.3) is 0 Å². The summed E-state index contributed by atoms with van der Waals surface area (Å²) in [5.41, 5.74) is 10.8. The lowest BCUT2D eigenvalue weighted by atomic mass is 10.6. The van der Waals surface area contributed by atoms with Gasteiger partial charge < -0.3 is 16.2 Å². The van der Waals surface area contributed by atoms with Crippen molar-refractivity contribution in [3.63, 3.8) is 0 Å². The maximum Gasteiger partial charge on any atom is 0.259 e. The summed E-state index contributed by atoms with van der Waals surface area (Å²) in [7, 11) is 0. The smallest absolute Gasteiger partial charge is 0.259 e. The van der Waals surface area contributed by atoms with E-state index in [1.807, 2.05) is 6.92 Å². The quantitative estimate of drug-likeness (QED) is 0.628. The molecule has 1 rings (SSSR count). The maximum atomic E-state index is 5.42. The Morgan fingerprint density at radius 1 is 1.55 bits per heavy atom. The van der Waals surface area contributed by atoms with Crippen molar-refractivity contribution in [3.05, 3.63) is 6.20 Å². The van der Waals surface area contributed by atoms with Crippen molar-refractivity contribution in [1.29, 1.82) is 0 Å². The highest BCUT2D eigenvalue weighted by atomic mass is 16.5. The number of nitrogen functional groups attached to an aromatic ring is 2. The van der Waals surface area contributed by atoms with E-state index in [1.54, 1.807) is 0 Å². The van der Waals surface area contributed by atoms with Gasteiger partial charge in [-0.3, -0.25) is 0 Å². The fraction of sp³-hybridized carbons (Fsp3) is 0.333. The SMILES string of the molecule is CCOc1nc(N)cnc1N. The molecule has 0 unspecified atom stereocenters. The highest BCUT2D eigenvalue weighted by molar-refractivity contribution is 5.44. The number of nitrogens with two attached hydrogens (primary N) is 2. The van der Waals surface area contributed by atoms with Crippen molar-refractivity contribution in [1.82, 2.24) is 9.97 Å². The van der Waals surface area contributed by atoms with Gasteiger partial charge in [-0.25, -0.2) is 4.98 Å². The van der Waals surface area contributed by atoms with Gasteiger partial charge in [-0.2, -0.15) is 4.98 Å². The van der Waals surface area contributed by atoms with Gasteiger partial charge in [0.25, 0.3) is 5.88 Å². The van der Waals surface area contributed by atoms with Crippen molar-refractivity contribution in [2.45, 2.75) is 6.92 Å². The molecule has 60 valence electrons. The van der Waals surface area contributed by atoms with E-state index in [4.69, 9.17) is 16.2 Å². The molecule has 0 radical (unpaired) electrons. The summed E-state index contributed by atoms with van der Waals surface area (Å²) >= 11 is 0. The Bertz CT molecular complexity index is 250. The zero-order chi connectivity index (χ0) is 8.27. The summed E-state index contributed by atoms with van der Waals surface area (Å²) in [6, 6.07) is 0. The molecule has 0 saturated carbocycles. The number of anilines is 2. The molecule has 0 aliphatic carbocycles. The first-order valence-corrected chi connectivity index (χ1v) is 3.24. The molecule has 1 aromatic heterocycles. The average Bonchev–Trinajstić information content (AvgIpc) is 1.98. The Kier molecular flexibility index (Phi) is 2.10. The van der Waals surface area contributed by atoms with Gasteiger partial charge >= 0.3 is 0 Å². The third-order valence-corrected chi connectivity index (χ3v) is 1.07. The molecule has 0 fully saturated rings. The van der Waals surface area contributed by atoms with E-state index in [0.717, 1.165) is 0 Å². The molecule has 5 heteroatoms. The zero-order valence-corrected chi connectivity index (χ0v) is 6.24. The van der Waals surface area contributed by atoms with Crippen LogP contribution in [0, 0.1) is 0 Å². The Morgan fingerprint density at radius 2 is 2.27 bits per heavy atom. The number of nitrogens with zero attached hydrogens (tertiary/aromatic N) is 2. The van der Waals surface area contributed by atoms with Crippen LogP contribution in [-0.2, 0) is 0 Å². The molecule has 1 aromatic rings. The lowest BCUT2D eigenvalue weighted by molar-refractivity contribution is 0.328. The van der Waals surface area contributed by atoms with Crippen LogP contribution in [0.3, 0.4) is 0 Å². The predicted octanol–water partition coefficient (Wildman–Crippen LogP) is 0.0397. The molecular weight excluding hydrogens is 144 g/mol. The van der Waals surface area contributed by atoms with Crippen molar-refractivity contribution in [2.24, 2.45) is 0 Å². The van der Waals surface area contributed by atoms with Crippen LogP contribution < -0.4 is 16.2 Å². The first-order chi connectivity index (χ1) is 5.24. The summed E-state index contributed by atoms with van der Waals surface area (Å²) in [5.74, 6) is 0.871. The monoisotopic (exact) mass is 154 g/mol. The normalized spacial score (nSPS) is 9.55. The Hall–Kier alpha value is -1.52. The van der Waals surface area contributed by atoms with Crippen LogP contribution in [0.15, 0.2) is 6.20 Å². The molecule has 4 N–H and O–H groups in total. The van der Waals surface area contributed by atoms with Gasteiger partial charge in [-0.05, 0) is 6.92 Å². The molecule has 1 heterocycles. The van der Waals surface area contributed by atoms with Gasteiger partial charge in [0, 0.05) is 0 Å². The highest BCUT2D eigenvalue weighted by Gasteiger charge is 2.01. The maximum absolute atomic E-state index is 5.42. The number of rotatable bonds is 2. The molecule has 0 bridgehead atoms. The van der Waals surface area contributed by atoms with Crippen molar-refractivity contribution in [3.8, 4) is 5.88 Å². The molecular formula is C6H10N4O. The molecule has 0 saturated heterocycles. The number of ether oxygens (including phenoxy) is 1. The zero-order valence-electron chi connectivity index (χ0n) is 6.24. The van der Waals surface area contributed by atoms with E-state index in [1.165, 1.54) is 6.20 Å². The largest absolute Gasteiger partial charge is 0.475 e. The minimum Gasteiger partial charge on any atom is -0.475 e. The van der Waals surface area contributed by atoms with Gasteiger partial charge in [0.15, 0.2) is 5.82 Å². The van der Waals surface area contributed by atoms with Gasteiger partial charge in [0.2, 0.25) is 0 Å². The highest BCUT2D eigenvalue weighted by Crippen LogP contribution is 2.15. The molecule has 0 aliphatic heterocycles. The van der Waals surface area contributed by atoms with Crippen molar-refractivity contribution >= 4 is 11.6 Å². The summed E-state index contributed by atoms with van der Waals surface area (Å²) in [4.78, 5) is 7.59. The second kappa shape index (κ2) is 3.05. The summed E-state index contributed by atoms with van der Waals surface area (Å²) in [5, 5.41) is 0. The molecule has 0 atom stereocenters. The molecule has 5 nitrogen and oxygen atoms in total. The van der Waals surface area contributed by atoms with Crippen LogP contribution in [0.4, 0.5) is 11.6 Å². The summed E-state index contributed by atoms with van der Waals surface area (Å²) in [6.45, 7) is 2.34. The van der Waals surface area contributed by atoms with Gasteiger partial charge in [-0.15, -0.1) is 0 Å². The lowest BCUT2D eigenvalue weighted by Gasteiger charge is -2.03. The minimum atomic E-state index is 0.265. The van der Waals surface area contributed by atoms with Crippen LogP contribution in [0.2, 0.25) is 0 Å². The van der Waals surface area contributed by atoms with Crippen molar-refractivity contribution in [2.75, 3.05) is 18.1 Å². The van der Waals surface area contributed by atoms with Crippen LogP contribution in [-0.4, -0.2) is 16.6 Å². The third kappa shape index (κ3) is 1.70. The van der Waals surface area contributed by atoms with Gasteiger partial charge in [0.1, 0.15) is 5.82 Å². The number of hydrogen-bond donors (Lipinski definition) is 2. The van der Waals surface area contributed by atoms with Crippen LogP contribution >= 0.6 is 0 Å². The van der Waals surface area contributed by atoms with Gasteiger partial charge in [-0.1, -0.05) is 0 Å². The fourth-order valence-corrected chi connectivity index (χ4v) is 0.637. The predicted molar refractivity (Wildman–Crippen MR) is 42.0 cm³/mol. The molecule has 0 aromatic carbocycles. The Labute approximate surface area is 64.4 Å². The number of aromatic nitrogens is 2. The molecule has 11 heavy (non-hydrogen) atoms. The van der Waals surface area contributed by atoms with E-state index >= 15 is 0 Å². The molecule has 0 spiro atoms. The standard InChI is InChI=1S/C6H10N4O/c1-2-11-6-5(8)9-3-4(7)10-6/h3H,2H2,1H3,(H2,7,10)(H2,8,9). The first-order valence-electron chi connectivity index (χ1n) is 3.24. The minimum absolute atomic E-state index is 0.265. The van der Waals surface area contributed by atoms with E-state index in [9.17, 15) is 0 Å². The second-order valence-corrected chi connectivity index (χ2v) is 1.92. The summed E-state index contributed by atoms with van der Waals surface area (Å²) < 4.78 is 5.04. The average molecular weight is 154 g/mol. The Morgan fingerprint density at radius 3 is 2.91 bits per heavy atom. The first kappa shape index (κ1) is 7.59.